The molecule has 9 heteroatoms. The van der Waals surface area contributed by atoms with Crippen LogP contribution in [0.15, 0.2) is 54.9 Å². The number of amides is 3. The van der Waals surface area contributed by atoms with E-state index < -0.39 is 12.1 Å². The third kappa shape index (κ3) is 5.01. The minimum atomic E-state index is -0.778. The summed E-state index contributed by atoms with van der Waals surface area (Å²) in [6.45, 7) is 1.11. The first kappa shape index (κ1) is 21.7. The Morgan fingerprint density at radius 1 is 1.16 bits per heavy atom. The highest BCUT2D eigenvalue weighted by Crippen LogP contribution is 2.23. The summed E-state index contributed by atoms with van der Waals surface area (Å²) >= 11 is 0. The van der Waals surface area contributed by atoms with Crippen LogP contribution in [0.3, 0.4) is 0 Å². The minimum Gasteiger partial charge on any atom is -0.391 e. The van der Waals surface area contributed by atoms with Crippen molar-refractivity contribution < 1.29 is 24.2 Å². The third-order valence-electron chi connectivity index (χ3n) is 5.42. The number of aliphatic hydroxyl groups excluding tert-OH is 1. The van der Waals surface area contributed by atoms with E-state index >= 15 is 0 Å². The van der Waals surface area contributed by atoms with Crippen molar-refractivity contribution in [1.82, 2.24) is 9.88 Å². The molecule has 0 spiro atoms. The van der Waals surface area contributed by atoms with E-state index in [4.69, 9.17) is 4.74 Å². The standard InChI is InChI=1S/C23H24N4O5/c28-19-13-20(27(14-19)21(29)6-1-16-7-9-24-10-8-16)23(31)25-17-2-4-18(5-3-17)26-11-12-32-15-22(26)30/h1-10,19-20,28H,11-15H2,(H,25,31)/b6-1+/t19-,20-/m1/s1. The molecular weight excluding hydrogens is 412 g/mol. The van der Waals surface area contributed by atoms with Gasteiger partial charge in [-0.15, -0.1) is 0 Å². The number of carbonyl (C=O) groups is 3. The van der Waals surface area contributed by atoms with Gasteiger partial charge in [0.15, 0.2) is 0 Å². The molecule has 2 fully saturated rings. The SMILES string of the molecule is O=C(Nc1ccc(N2CCOCC2=O)cc1)[C@H]1C[C@@H](O)CN1C(=O)/C=C/c1ccncc1. The monoisotopic (exact) mass is 436 g/mol. The number of ether oxygens (including phenoxy) is 1. The number of carbonyl (C=O) groups excluding carboxylic acids is 3. The summed E-state index contributed by atoms with van der Waals surface area (Å²) in [5.74, 6) is -0.830. The quantitative estimate of drug-likeness (QED) is 0.678. The van der Waals surface area contributed by atoms with Crippen LogP contribution in [0.4, 0.5) is 11.4 Å². The number of hydrogen-bond donors (Lipinski definition) is 2. The molecule has 2 atom stereocenters. The lowest BCUT2D eigenvalue weighted by Gasteiger charge is -2.27. The van der Waals surface area contributed by atoms with E-state index in [1.54, 1.807) is 59.8 Å². The third-order valence-corrected chi connectivity index (χ3v) is 5.42. The zero-order chi connectivity index (χ0) is 22.5. The fourth-order valence-corrected chi connectivity index (χ4v) is 3.79. The van der Waals surface area contributed by atoms with Gasteiger partial charge in [-0.25, -0.2) is 0 Å². The number of pyridine rings is 1. The number of morpholine rings is 1. The van der Waals surface area contributed by atoms with E-state index in [1.807, 2.05) is 0 Å². The van der Waals surface area contributed by atoms with Gasteiger partial charge in [0.1, 0.15) is 12.6 Å². The summed E-state index contributed by atoms with van der Waals surface area (Å²) in [6.07, 6.45) is 5.69. The highest BCUT2D eigenvalue weighted by Gasteiger charge is 2.38. The Kier molecular flexibility index (Phi) is 6.58. The Bertz CT molecular complexity index is 1010. The first-order chi connectivity index (χ1) is 15.5. The average Bonchev–Trinajstić information content (AvgIpc) is 3.21. The minimum absolute atomic E-state index is 0.0575. The number of nitrogens with one attached hydrogen (secondary N) is 1. The molecule has 9 nitrogen and oxygen atoms in total. The molecule has 1 aromatic heterocycles. The molecular formula is C23H24N4O5. The van der Waals surface area contributed by atoms with Crippen molar-refractivity contribution in [3.05, 3.63) is 60.4 Å². The van der Waals surface area contributed by atoms with Crippen molar-refractivity contribution >= 4 is 35.2 Å². The van der Waals surface area contributed by atoms with E-state index in [1.165, 1.54) is 11.0 Å². The van der Waals surface area contributed by atoms with Gasteiger partial charge in [0, 0.05) is 49.4 Å². The van der Waals surface area contributed by atoms with Crippen LogP contribution in [-0.2, 0) is 19.1 Å². The molecule has 166 valence electrons. The predicted octanol–water partition coefficient (Wildman–Crippen LogP) is 1.06. The zero-order valence-corrected chi connectivity index (χ0v) is 17.4. The fourth-order valence-electron chi connectivity index (χ4n) is 3.79. The predicted molar refractivity (Wildman–Crippen MR) is 118 cm³/mol. The Balaban J connectivity index is 1.40. The first-order valence-electron chi connectivity index (χ1n) is 10.4. The molecule has 2 aliphatic rings. The molecule has 4 rings (SSSR count). The highest BCUT2D eigenvalue weighted by atomic mass is 16.5. The second-order valence-corrected chi connectivity index (χ2v) is 7.64. The molecule has 0 unspecified atom stereocenters. The van der Waals surface area contributed by atoms with Crippen molar-refractivity contribution in [2.24, 2.45) is 0 Å². The van der Waals surface area contributed by atoms with Gasteiger partial charge < -0.3 is 25.0 Å². The van der Waals surface area contributed by atoms with E-state index in [-0.39, 0.29) is 37.3 Å². The van der Waals surface area contributed by atoms with Gasteiger partial charge in [0.25, 0.3) is 5.91 Å². The van der Waals surface area contributed by atoms with Gasteiger partial charge in [-0.2, -0.15) is 0 Å². The van der Waals surface area contributed by atoms with Crippen LogP contribution >= 0.6 is 0 Å². The van der Waals surface area contributed by atoms with Crippen molar-refractivity contribution in [3.8, 4) is 0 Å². The number of nitrogens with zero attached hydrogens (tertiary/aromatic N) is 3. The molecule has 1 aromatic carbocycles. The van der Waals surface area contributed by atoms with Crippen molar-refractivity contribution in [2.45, 2.75) is 18.6 Å². The smallest absolute Gasteiger partial charge is 0.253 e. The maximum absolute atomic E-state index is 12.9. The Hall–Kier alpha value is -3.56. The van der Waals surface area contributed by atoms with E-state index in [9.17, 15) is 19.5 Å². The van der Waals surface area contributed by atoms with Crippen molar-refractivity contribution in [2.75, 3.05) is 36.5 Å². The normalized spacial score (nSPS) is 21.2. The Morgan fingerprint density at radius 2 is 1.91 bits per heavy atom. The number of aliphatic hydroxyl groups is 1. The number of benzene rings is 1. The van der Waals surface area contributed by atoms with E-state index in [0.717, 1.165) is 11.3 Å². The van der Waals surface area contributed by atoms with Gasteiger partial charge in [-0.05, 0) is 48.0 Å². The van der Waals surface area contributed by atoms with Crippen LogP contribution < -0.4 is 10.2 Å². The average molecular weight is 436 g/mol. The van der Waals surface area contributed by atoms with Gasteiger partial charge in [-0.3, -0.25) is 19.4 Å². The van der Waals surface area contributed by atoms with Gasteiger partial charge in [0.2, 0.25) is 11.8 Å². The highest BCUT2D eigenvalue weighted by molar-refractivity contribution is 6.01. The Labute approximate surface area is 185 Å². The number of anilines is 2. The fraction of sp³-hybridized carbons (Fsp3) is 0.304. The molecule has 2 N–H and O–H groups in total. The van der Waals surface area contributed by atoms with Crippen LogP contribution in [0.5, 0.6) is 0 Å². The molecule has 0 radical (unpaired) electrons. The van der Waals surface area contributed by atoms with E-state index in [0.29, 0.717) is 18.8 Å². The number of hydrogen-bond acceptors (Lipinski definition) is 6. The van der Waals surface area contributed by atoms with Crippen molar-refractivity contribution in [1.29, 1.82) is 0 Å². The number of rotatable bonds is 5. The molecule has 32 heavy (non-hydrogen) atoms. The summed E-state index contributed by atoms with van der Waals surface area (Å²) in [5.41, 5.74) is 2.08. The van der Waals surface area contributed by atoms with Crippen molar-refractivity contribution in [3.63, 3.8) is 0 Å². The number of likely N-dealkylation sites (tertiary alicyclic amines) is 1. The van der Waals surface area contributed by atoms with Gasteiger partial charge >= 0.3 is 0 Å². The van der Waals surface area contributed by atoms with Crippen LogP contribution in [0.25, 0.3) is 6.08 Å². The molecule has 2 saturated heterocycles. The summed E-state index contributed by atoms with van der Waals surface area (Å²) in [7, 11) is 0. The van der Waals surface area contributed by atoms with Crippen LogP contribution in [0, 0.1) is 0 Å². The second-order valence-electron chi connectivity index (χ2n) is 7.64. The summed E-state index contributed by atoms with van der Waals surface area (Å²) < 4.78 is 5.14. The second kappa shape index (κ2) is 9.71. The first-order valence-corrected chi connectivity index (χ1v) is 10.4. The van der Waals surface area contributed by atoms with Gasteiger partial charge in [0.05, 0.1) is 12.7 Å². The maximum atomic E-state index is 12.9. The lowest BCUT2D eigenvalue weighted by atomic mass is 10.1. The van der Waals surface area contributed by atoms with Crippen LogP contribution in [0.1, 0.15) is 12.0 Å². The number of aromatic nitrogens is 1. The lowest BCUT2D eigenvalue weighted by Crippen LogP contribution is -2.42. The molecule has 2 aliphatic heterocycles. The summed E-state index contributed by atoms with van der Waals surface area (Å²) in [5, 5.41) is 12.9. The lowest BCUT2D eigenvalue weighted by molar-refractivity contribution is -0.132. The largest absolute Gasteiger partial charge is 0.391 e. The number of β-amino-alcohol motifs (C(OH)–C–C–N with tert-alkyl or cyclic N) is 1. The molecule has 3 heterocycles. The Morgan fingerprint density at radius 3 is 2.62 bits per heavy atom. The zero-order valence-electron chi connectivity index (χ0n) is 17.4. The topological polar surface area (TPSA) is 112 Å². The molecule has 0 saturated carbocycles. The molecule has 0 bridgehead atoms. The molecule has 2 aromatic rings. The molecule has 0 aliphatic carbocycles. The van der Waals surface area contributed by atoms with Gasteiger partial charge in [-0.1, -0.05) is 0 Å². The van der Waals surface area contributed by atoms with Crippen LogP contribution in [0.2, 0.25) is 0 Å². The molecule has 3 amide bonds. The van der Waals surface area contributed by atoms with Crippen LogP contribution in [-0.4, -0.2) is 71.2 Å². The maximum Gasteiger partial charge on any atom is 0.253 e. The summed E-state index contributed by atoms with van der Waals surface area (Å²) in [4.78, 5) is 44.4. The van der Waals surface area contributed by atoms with E-state index in [2.05, 4.69) is 10.3 Å². The summed E-state index contributed by atoms with van der Waals surface area (Å²) in [6, 6.07) is 9.67.